The number of allylic oxidation sites excluding steroid dienone is 2. The maximum atomic E-state index is 13.5. The number of rotatable bonds is 24. The molecule has 0 aromatic carbocycles. The van der Waals surface area contributed by atoms with Gasteiger partial charge < -0.3 is 40.3 Å². The normalized spacial score (nSPS) is 24.9. The molecular formula is C39H61N9O10. The van der Waals surface area contributed by atoms with E-state index in [4.69, 9.17) is 9.47 Å². The molecule has 8 atom stereocenters. The average molecular weight is 816 g/mol. The van der Waals surface area contributed by atoms with E-state index >= 15 is 0 Å². The Balaban J connectivity index is 1.01. The van der Waals surface area contributed by atoms with Crippen LogP contribution in [0.2, 0.25) is 0 Å². The van der Waals surface area contributed by atoms with Crippen LogP contribution in [0.3, 0.4) is 0 Å². The number of ether oxygens (including phenoxy) is 2. The number of carbonyl (C=O) groups excluding carboxylic acids is 1. The Kier molecular flexibility index (Phi) is 17.7. The van der Waals surface area contributed by atoms with E-state index < -0.39 is 66.9 Å². The minimum absolute atomic E-state index is 0.0465. The Bertz CT molecular complexity index is 1840. The zero-order chi connectivity index (χ0) is 41.4. The molecule has 6 N–H and O–H groups in total. The fraction of sp³-hybridized carbons (Fsp3) is 0.718. The van der Waals surface area contributed by atoms with E-state index in [0.717, 1.165) is 34.9 Å². The average Bonchev–Trinajstić information content (AvgIpc) is 3.97. The van der Waals surface area contributed by atoms with Crippen LogP contribution in [0.4, 0.5) is 0 Å². The Morgan fingerprint density at radius 3 is 2.26 bits per heavy atom. The summed E-state index contributed by atoms with van der Waals surface area (Å²) in [5, 5.41) is 69.9. The molecular weight excluding hydrogens is 754 g/mol. The van der Waals surface area contributed by atoms with Crippen LogP contribution in [0.5, 0.6) is 0 Å². The predicted molar refractivity (Wildman–Crippen MR) is 209 cm³/mol. The van der Waals surface area contributed by atoms with E-state index in [1.807, 2.05) is 0 Å². The van der Waals surface area contributed by atoms with Gasteiger partial charge in [-0.2, -0.15) is 0 Å². The highest BCUT2D eigenvalue weighted by molar-refractivity contribution is 5.75. The molecule has 5 heterocycles. The van der Waals surface area contributed by atoms with Crippen molar-refractivity contribution in [1.29, 1.82) is 0 Å². The molecule has 58 heavy (non-hydrogen) atoms. The predicted octanol–water partition coefficient (Wildman–Crippen LogP) is 1.22. The second-order valence-corrected chi connectivity index (χ2v) is 15.3. The molecule has 0 bridgehead atoms. The maximum absolute atomic E-state index is 13.5. The number of amides is 1. The van der Waals surface area contributed by atoms with Gasteiger partial charge in [-0.05, 0) is 32.1 Å². The van der Waals surface area contributed by atoms with Crippen LogP contribution in [-0.2, 0) is 33.9 Å². The van der Waals surface area contributed by atoms with E-state index in [1.165, 1.54) is 85.5 Å². The summed E-state index contributed by atoms with van der Waals surface area (Å²) in [5.41, 5.74) is -0.670. The van der Waals surface area contributed by atoms with Gasteiger partial charge in [0.25, 0.3) is 5.56 Å². The van der Waals surface area contributed by atoms with Crippen molar-refractivity contribution in [2.75, 3.05) is 6.61 Å². The highest BCUT2D eigenvalue weighted by atomic mass is 16.6. The van der Waals surface area contributed by atoms with Gasteiger partial charge in [0.1, 0.15) is 48.1 Å². The summed E-state index contributed by atoms with van der Waals surface area (Å²) in [6.07, 6.45) is 15.1. The SMILES string of the molecule is CCCCCCCC/C=C/CCCCCCCC(=O)NCc1cn(C[C@H]2O[C@@H](n3ccc(=O)n(Cc4cn([C@@H]5O[C@H](CO)[C@@H](O)[C@H](O)[C@H]5O)nn4)c3=O)C[C@@H]2O)nn1. The third-order valence-electron chi connectivity index (χ3n) is 10.7. The molecule has 0 unspecified atom stereocenters. The summed E-state index contributed by atoms with van der Waals surface area (Å²) in [6, 6.07) is 1.18. The number of aromatic nitrogens is 8. The second-order valence-electron chi connectivity index (χ2n) is 15.3. The van der Waals surface area contributed by atoms with E-state index in [0.29, 0.717) is 12.1 Å². The molecule has 3 aromatic heterocycles. The van der Waals surface area contributed by atoms with Crippen LogP contribution in [0.1, 0.15) is 127 Å². The maximum Gasteiger partial charge on any atom is 0.333 e. The number of aliphatic hydroxyl groups excluding tert-OH is 5. The molecule has 1 amide bonds. The zero-order valence-corrected chi connectivity index (χ0v) is 33.4. The summed E-state index contributed by atoms with van der Waals surface area (Å²) in [7, 11) is 0. The number of hydrogen-bond acceptors (Lipinski definition) is 14. The molecule has 2 aliphatic rings. The summed E-state index contributed by atoms with van der Waals surface area (Å²) >= 11 is 0. The molecule has 3 aromatic rings. The summed E-state index contributed by atoms with van der Waals surface area (Å²) < 4.78 is 16.2. The minimum atomic E-state index is -1.63. The molecule has 0 aliphatic carbocycles. The lowest BCUT2D eigenvalue weighted by Crippen LogP contribution is -2.56. The van der Waals surface area contributed by atoms with Crippen LogP contribution >= 0.6 is 0 Å². The second kappa shape index (κ2) is 22.9. The first-order valence-electron chi connectivity index (χ1n) is 20.8. The quantitative estimate of drug-likeness (QED) is 0.0550. The Hall–Kier alpha value is -4.11. The van der Waals surface area contributed by atoms with E-state index in [1.54, 1.807) is 6.20 Å². The van der Waals surface area contributed by atoms with Crippen molar-refractivity contribution >= 4 is 5.91 Å². The Labute approximate surface area is 337 Å². The standard InChI is InChI=1S/C39H61N9O10/c1-2-3-4-5-6-7-8-9-10-11-12-13-14-15-16-17-32(51)40-21-27-22-45(43-41-27)25-30-29(50)20-34(57-30)46-19-18-33(52)47(39(46)56)23-28-24-48(44-42-28)38-37(55)36(54)35(53)31(26-49)58-38/h9-10,18-19,22,24,29-31,34-38,49-50,53-55H,2-8,11-17,20-21,23,25-26H2,1H3,(H,40,51)/b10-9+/t29-,30+,31+,34+,35+,36-,37+,38+/m0/s1. The number of hydrogen-bond donors (Lipinski definition) is 6. The fourth-order valence-corrected chi connectivity index (χ4v) is 7.25. The number of nitrogens with one attached hydrogen (secondary N) is 1. The van der Waals surface area contributed by atoms with E-state index in [-0.39, 0.29) is 37.7 Å². The number of nitrogens with zero attached hydrogens (tertiary/aromatic N) is 8. The van der Waals surface area contributed by atoms with Crippen molar-refractivity contribution in [3.63, 3.8) is 0 Å². The molecule has 2 fully saturated rings. The van der Waals surface area contributed by atoms with E-state index in [9.17, 15) is 39.9 Å². The number of carbonyl (C=O) groups is 1. The molecule has 0 radical (unpaired) electrons. The third-order valence-corrected chi connectivity index (χ3v) is 10.7. The minimum Gasteiger partial charge on any atom is -0.394 e. The lowest BCUT2D eigenvalue weighted by molar-refractivity contribution is -0.254. The topological polar surface area (TPSA) is 254 Å². The molecule has 2 aliphatic heterocycles. The molecule has 19 heteroatoms. The van der Waals surface area contributed by atoms with Crippen LogP contribution in [0.15, 0.2) is 46.4 Å². The molecule has 5 rings (SSSR count). The van der Waals surface area contributed by atoms with Crippen molar-refractivity contribution in [3.05, 3.63) is 69.0 Å². The first-order valence-corrected chi connectivity index (χ1v) is 20.8. The van der Waals surface area contributed by atoms with Crippen LogP contribution < -0.4 is 16.6 Å². The first-order chi connectivity index (χ1) is 28.1. The monoisotopic (exact) mass is 815 g/mol. The van der Waals surface area contributed by atoms with Gasteiger partial charge in [-0.1, -0.05) is 80.9 Å². The van der Waals surface area contributed by atoms with Crippen molar-refractivity contribution in [2.45, 2.75) is 172 Å². The molecule has 0 spiro atoms. The lowest BCUT2D eigenvalue weighted by atomic mass is 9.98. The number of unbranched alkanes of at least 4 members (excludes halogenated alkanes) is 11. The molecule has 322 valence electrons. The first kappa shape index (κ1) is 45.0. The lowest BCUT2D eigenvalue weighted by Gasteiger charge is -2.39. The van der Waals surface area contributed by atoms with Gasteiger partial charge in [-0.15, -0.1) is 10.2 Å². The van der Waals surface area contributed by atoms with Crippen LogP contribution in [0, 0.1) is 0 Å². The van der Waals surface area contributed by atoms with Gasteiger partial charge in [0, 0.05) is 25.1 Å². The van der Waals surface area contributed by atoms with Gasteiger partial charge in [0.05, 0.1) is 44.7 Å². The molecule has 0 saturated carbocycles. The van der Waals surface area contributed by atoms with Gasteiger partial charge in [-0.25, -0.2) is 14.2 Å². The third kappa shape index (κ3) is 12.7. The van der Waals surface area contributed by atoms with Crippen molar-refractivity contribution in [1.82, 2.24) is 44.4 Å². The van der Waals surface area contributed by atoms with Crippen molar-refractivity contribution in [3.8, 4) is 0 Å². The highest BCUT2D eigenvalue weighted by Crippen LogP contribution is 2.29. The van der Waals surface area contributed by atoms with Gasteiger partial charge in [0.2, 0.25) is 5.91 Å². The van der Waals surface area contributed by atoms with Gasteiger partial charge >= 0.3 is 5.69 Å². The summed E-state index contributed by atoms with van der Waals surface area (Å²) in [6.45, 7) is 1.65. The molecule has 2 saturated heterocycles. The summed E-state index contributed by atoms with van der Waals surface area (Å²) in [5.74, 6) is -0.0465. The largest absolute Gasteiger partial charge is 0.394 e. The van der Waals surface area contributed by atoms with E-state index in [2.05, 4.69) is 45.0 Å². The summed E-state index contributed by atoms with van der Waals surface area (Å²) in [4.78, 5) is 38.7. The highest BCUT2D eigenvalue weighted by Gasteiger charge is 2.45. The number of aliphatic hydroxyl groups is 5. The molecule has 19 nitrogen and oxygen atoms in total. The van der Waals surface area contributed by atoms with Crippen molar-refractivity contribution in [2.24, 2.45) is 0 Å². The fourth-order valence-electron chi connectivity index (χ4n) is 7.25. The van der Waals surface area contributed by atoms with Crippen LogP contribution in [0.25, 0.3) is 0 Å². The zero-order valence-electron chi connectivity index (χ0n) is 33.4. The van der Waals surface area contributed by atoms with Crippen molar-refractivity contribution < 1.29 is 39.8 Å². The smallest absolute Gasteiger partial charge is 0.333 e. The van der Waals surface area contributed by atoms with Gasteiger partial charge in [0.15, 0.2) is 6.23 Å². The Morgan fingerprint density at radius 1 is 0.845 bits per heavy atom. The van der Waals surface area contributed by atoms with Gasteiger partial charge in [-0.3, -0.25) is 18.7 Å². The Morgan fingerprint density at radius 2 is 1.53 bits per heavy atom. The van der Waals surface area contributed by atoms with Crippen LogP contribution in [-0.4, -0.2) is 114 Å².